The Hall–Kier alpha value is -2.69. The third-order valence-corrected chi connectivity index (χ3v) is 3.17. The van der Waals surface area contributed by atoms with Gasteiger partial charge in [-0.15, -0.1) is 0 Å². The summed E-state index contributed by atoms with van der Waals surface area (Å²) < 4.78 is 0. The lowest BCUT2D eigenvalue weighted by Gasteiger charge is -2.12. The van der Waals surface area contributed by atoms with Gasteiger partial charge in [-0.3, -0.25) is 0 Å². The van der Waals surface area contributed by atoms with E-state index < -0.39 is 5.54 Å². The fourth-order valence-electron chi connectivity index (χ4n) is 1.75. The molecule has 4 nitrogen and oxygen atoms in total. The van der Waals surface area contributed by atoms with E-state index in [1.165, 1.54) is 0 Å². The van der Waals surface area contributed by atoms with E-state index in [1.54, 1.807) is 24.3 Å². The van der Waals surface area contributed by atoms with Crippen LogP contribution in [0.1, 0.15) is 5.56 Å². The molecule has 0 fully saturated rings. The fourth-order valence-corrected chi connectivity index (χ4v) is 1.92. The summed E-state index contributed by atoms with van der Waals surface area (Å²) in [7, 11) is 0. The molecule has 0 bridgehead atoms. The van der Waals surface area contributed by atoms with Gasteiger partial charge in [-0.25, -0.2) is 0 Å². The van der Waals surface area contributed by atoms with E-state index in [9.17, 15) is 10.5 Å². The van der Waals surface area contributed by atoms with Gasteiger partial charge in [-0.1, -0.05) is 54.1 Å². The van der Waals surface area contributed by atoms with E-state index in [-0.39, 0.29) is 6.42 Å². The second-order valence-corrected chi connectivity index (χ2v) is 4.80. The highest BCUT2D eigenvalue weighted by Crippen LogP contribution is 2.26. The van der Waals surface area contributed by atoms with E-state index in [0.717, 1.165) is 5.56 Å². The SMILES string of the molecule is N#CC(C#N)(Cc1ccccc1)N=Nc1ccccc1Cl. The van der Waals surface area contributed by atoms with Crippen molar-refractivity contribution >= 4 is 17.3 Å². The lowest BCUT2D eigenvalue weighted by molar-refractivity contribution is 0.645. The molecular weight excluding hydrogens is 284 g/mol. The lowest BCUT2D eigenvalue weighted by Crippen LogP contribution is -2.24. The van der Waals surface area contributed by atoms with E-state index in [1.807, 2.05) is 42.5 Å². The van der Waals surface area contributed by atoms with Gasteiger partial charge in [0.1, 0.15) is 17.8 Å². The molecule has 0 saturated carbocycles. The van der Waals surface area contributed by atoms with Crippen LogP contribution in [0.4, 0.5) is 5.69 Å². The zero-order valence-corrected chi connectivity index (χ0v) is 11.8. The Bertz CT molecular complexity index is 712. The zero-order valence-electron chi connectivity index (χ0n) is 11.1. The summed E-state index contributed by atoms with van der Waals surface area (Å²) in [4.78, 5) is 0. The number of azo groups is 1. The molecule has 0 aliphatic heterocycles. The van der Waals surface area contributed by atoms with Crippen molar-refractivity contribution in [1.82, 2.24) is 0 Å². The highest BCUT2D eigenvalue weighted by molar-refractivity contribution is 6.32. The molecule has 21 heavy (non-hydrogen) atoms. The molecule has 2 aromatic rings. The first-order valence-corrected chi connectivity index (χ1v) is 6.61. The average Bonchev–Trinajstić information content (AvgIpc) is 2.54. The van der Waals surface area contributed by atoms with Gasteiger partial charge in [0.05, 0.1) is 5.02 Å². The van der Waals surface area contributed by atoms with Crippen LogP contribution >= 0.6 is 11.6 Å². The first kappa shape index (κ1) is 14.7. The van der Waals surface area contributed by atoms with E-state index in [4.69, 9.17) is 11.6 Å². The van der Waals surface area contributed by atoms with Crippen LogP contribution in [-0.2, 0) is 6.42 Å². The lowest BCUT2D eigenvalue weighted by atomic mass is 9.95. The van der Waals surface area contributed by atoms with Crippen molar-refractivity contribution in [3.05, 3.63) is 65.2 Å². The van der Waals surface area contributed by atoms with Crippen molar-refractivity contribution in [1.29, 1.82) is 10.5 Å². The van der Waals surface area contributed by atoms with Gasteiger partial charge >= 0.3 is 0 Å². The molecule has 0 radical (unpaired) electrons. The molecule has 0 N–H and O–H groups in total. The van der Waals surface area contributed by atoms with Gasteiger partial charge in [-0.2, -0.15) is 20.8 Å². The van der Waals surface area contributed by atoms with E-state index in [0.29, 0.717) is 10.7 Å². The standard InChI is InChI=1S/C16H11ClN4/c17-14-8-4-5-9-15(14)20-21-16(11-18,12-19)10-13-6-2-1-3-7-13/h1-9H,10H2. The Kier molecular flexibility index (Phi) is 4.66. The summed E-state index contributed by atoms with van der Waals surface area (Å²) in [6, 6.07) is 20.0. The Balaban J connectivity index is 2.30. The minimum Gasteiger partial charge on any atom is -0.194 e. The molecule has 2 rings (SSSR count). The molecule has 0 unspecified atom stereocenters. The van der Waals surface area contributed by atoms with Crippen LogP contribution in [0.25, 0.3) is 0 Å². The molecule has 0 heterocycles. The molecule has 0 atom stereocenters. The van der Waals surface area contributed by atoms with Crippen molar-refractivity contribution in [2.45, 2.75) is 12.0 Å². The van der Waals surface area contributed by atoms with Gasteiger partial charge in [0, 0.05) is 6.42 Å². The first-order valence-electron chi connectivity index (χ1n) is 6.23. The van der Waals surface area contributed by atoms with Crippen molar-refractivity contribution < 1.29 is 0 Å². The number of benzene rings is 2. The molecule has 0 aliphatic carbocycles. The number of hydrogen-bond acceptors (Lipinski definition) is 4. The first-order chi connectivity index (χ1) is 10.2. The van der Waals surface area contributed by atoms with E-state index >= 15 is 0 Å². The second kappa shape index (κ2) is 6.65. The number of halogens is 1. The quantitative estimate of drug-likeness (QED) is 0.781. The number of nitrogens with zero attached hydrogens (tertiary/aromatic N) is 4. The molecule has 0 saturated heterocycles. The molecular formula is C16H11ClN4. The van der Waals surface area contributed by atoms with Crippen molar-refractivity contribution in [3.8, 4) is 12.1 Å². The van der Waals surface area contributed by atoms with Gasteiger partial charge < -0.3 is 0 Å². The molecule has 0 spiro atoms. The predicted molar refractivity (Wildman–Crippen MR) is 80.1 cm³/mol. The van der Waals surface area contributed by atoms with Crippen molar-refractivity contribution in [2.75, 3.05) is 0 Å². The van der Waals surface area contributed by atoms with Gasteiger partial charge in [0.15, 0.2) is 0 Å². The Labute approximate surface area is 127 Å². The normalized spacial score (nSPS) is 11.0. The predicted octanol–water partition coefficient (Wildman–Crippen LogP) is 4.45. The van der Waals surface area contributed by atoms with E-state index in [2.05, 4.69) is 10.2 Å². The van der Waals surface area contributed by atoms with Crippen molar-refractivity contribution in [3.63, 3.8) is 0 Å². The minimum absolute atomic E-state index is 0.175. The third kappa shape index (κ3) is 3.66. The molecule has 102 valence electrons. The topological polar surface area (TPSA) is 72.3 Å². The summed E-state index contributed by atoms with van der Waals surface area (Å²) in [5, 5.41) is 27.0. The van der Waals surface area contributed by atoms with Crippen LogP contribution in [0.5, 0.6) is 0 Å². The smallest absolute Gasteiger partial charge is 0.194 e. The number of hydrogen-bond donors (Lipinski definition) is 0. The molecule has 2 aromatic carbocycles. The number of rotatable bonds is 4. The minimum atomic E-state index is -1.56. The molecule has 5 heteroatoms. The molecule has 0 aromatic heterocycles. The van der Waals surface area contributed by atoms with Crippen LogP contribution in [-0.4, -0.2) is 5.54 Å². The van der Waals surface area contributed by atoms with Crippen LogP contribution < -0.4 is 0 Å². The summed E-state index contributed by atoms with van der Waals surface area (Å²) in [5.74, 6) is 0. The van der Waals surface area contributed by atoms with Crippen LogP contribution in [0.15, 0.2) is 64.8 Å². The monoisotopic (exact) mass is 294 g/mol. The maximum absolute atomic E-state index is 9.33. The number of nitriles is 2. The third-order valence-electron chi connectivity index (χ3n) is 2.85. The Morgan fingerprint density at radius 1 is 0.952 bits per heavy atom. The van der Waals surface area contributed by atoms with Crippen LogP contribution in [0, 0.1) is 22.7 Å². The summed E-state index contributed by atoms with van der Waals surface area (Å²) in [6.45, 7) is 0. The second-order valence-electron chi connectivity index (χ2n) is 4.40. The van der Waals surface area contributed by atoms with Gasteiger partial charge in [0.25, 0.3) is 5.54 Å². The highest BCUT2D eigenvalue weighted by atomic mass is 35.5. The highest BCUT2D eigenvalue weighted by Gasteiger charge is 2.30. The summed E-state index contributed by atoms with van der Waals surface area (Å²) >= 11 is 5.98. The molecule has 0 aliphatic rings. The fraction of sp³-hybridized carbons (Fsp3) is 0.125. The Morgan fingerprint density at radius 3 is 2.19 bits per heavy atom. The average molecular weight is 295 g/mol. The summed E-state index contributed by atoms with van der Waals surface area (Å²) in [6.07, 6.45) is 0.175. The van der Waals surface area contributed by atoms with Crippen LogP contribution in [0.2, 0.25) is 5.02 Å². The zero-order chi connectivity index (χ0) is 15.1. The summed E-state index contributed by atoms with van der Waals surface area (Å²) in [5.41, 5.74) is -0.277. The maximum Gasteiger partial charge on any atom is 0.256 e. The Morgan fingerprint density at radius 2 is 1.57 bits per heavy atom. The molecule has 0 amide bonds. The maximum atomic E-state index is 9.33. The van der Waals surface area contributed by atoms with Gasteiger partial charge in [0.2, 0.25) is 0 Å². The van der Waals surface area contributed by atoms with Crippen LogP contribution in [0.3, 0.4) is 0 Å². The van der Waals surface area contributed by atoms with Crippen molar-refractivity contribution in [2.24, 2.45) is 10.2 Å². The largest absolute Gasteiger partial charge is 0.256 e. The van der Waals surface area contributed by atoms with Gasteiger partial charge in [-0.05, 0) is 17.7 Å².